The number of hydrogen-bond donors (Lipinski definition) is 0. The quantitative estimate of drug-likeness (QED) is 0.324. The van der Waals surface area contributed by atoms with E-state index >= 15 is 0 Å². The van der Waals surface area contributed by atoms with Crippen molar-refractivity contribution in [1.29, 1.82) is 0 Å². The standard InChI is InChI=1S/C25H24ClFN4O5S2/c26-21-5-4-19(15-22(21)31(33)34)38(35,36)30-11-9-28(10-12-30)24(32)16-29-8-6-23-20(7-13-37-23)25(29)17-2-1-3-18(27)14-17/h1-5,7,13-15,25H,6,8-12,16H2/t25-/m1/s1. The molecule has 5 rings (SSSR count). The van der Waals surface area contributed by atoms with Gasteiger partial charge in [0.1, 0.15) is 10.8 Å². The molecule has 3 aromatic rings. The molecule has 1 atom stereocenters. The minimum absolute atomic E-state index is 0.0620. The number of rotatable bonds is 6. The van der Waals surface area contributed by atoms with Crippen LogP contribution >= 0.6 is 22.9 Å². The van der Waals surface area contributed by atoms with Crippen LogP contribution in [0.5, 0.6) is 0 Å². The Morgan fingerprint density at radius 3 is 2.58 bits per heavy atom. The van der Waals surface area contributed by atoms with Crippen molar-refractivity contribution in [2.24, 2.45) is 0 Å². The van der Waals surface area contributed by atoms with Crippen LogP contribution in [-0.4, -0.2) is 72.6 Å². The number of halogens is 2. The van der Waals surface area contributed by atoms with Gasteiger partial charge in [-0.05, 0) is 53.3 Å². The van der Waals surface area contributed by atoms with Gasteiger partial charge in [-0.2, -0.15) is 4.31 Å². The highest BCUT2D eigenvalue weighted by atomic mass is 35.5. The summed E-state index contributed by atoms with van der Waals surface area (Å²) in [5.41, 5.74) is 1.38. The molecule has 1 aromatic heterocycles. The highest BCUT2D eigenvalue weighted by molar-refractivity contribution is 7.89. The van der Waals surface area contributed by atoms with E-state index in [2.05, 4.69) is 0 Å². The summed E-state index contributed by atoms with van der Waals surface area (Å²) < 4.78 is 41.5. The molecule has 0 N–H and O–H groups in total. The molecule has 200 valence electrons. The summed E-state index contributed by atoms with van der Waals surface area (Å²) in [5.74, 6) is -0.469. The molecule has 0 aliphatic carbocycles. The first kappa shape index (κ1) is 26.7. The van der Waals surface area contributed by atoms with E-state index in [1.54, 1.807) is 22.3 Å². The van der Waals surface area contributed by atoms with Crippen LogP contribution in [0.25, 0.3) is 0 Å². The molecule has 3 heterocycles. The molecule has 0 bridgehead atoms. The van der Waals surface area contributed by atoms with Crippen molar-refractivity contribution in [3.63, 3.8) is 0 Å². The molecule has 0 unspecified atom stereocenters. The van der Waals surface area contributed by atoms with Crippen LogP contribution in [0.15, 0.2) is 58.8 Å². The minimum atomic E-state index is -4.00. The van der Waals surface area contributed by atoms with E-state index in [0.29, 0.717) is 6.54 Å². The van der Waals surface area contributed by atoms with E-state index in [1.807, 2.05) is 22.4 Å². The second kappa shape index (κ2) is 10.7. The van der Waals surface area contributed by atoms with Gasteiger partial charge in [0.25, 0.3) is 5.69 Å². The van der Waals surface area contributed by atoms with Gasteiger partial charge in [-0.15, -0.1) is 11.3 Å². The Labute approximate surface area is 228 Å². The number of hydrogen-bond acceptors (Lipinski definition) is 7. The maximum absolute atomic E-state index is 14.1. The Kier molecular flexibility index (Phi) is 7.51. The number of thiophene rings is 1. The first-order valence-corrected chi connectivity index (χ1v) is 14.6. The maximum Gasteiger partial charge on any atom is 0.289 e. The predicted molar refractivity (Wildman–Crippen MR) is 141 cm³/mol. The number of benzene rings is 2. The van der Waals surface area contributed by atoms with Gasteiger partial charge in [-0.3, -0.25) is 19.8 Å². The van der Waals surface area contributed by atoms with Gasteiger partial charge in [0.15, 0.2) is 0 Å². The van der Waals surface area contributed by atoms with E-state index in [9.17, 15) is 27.7 Å². The smallest absolute Gasteiger partial charge is 0.289 e. The monoisotopic (exact) mass is 578 g/mol. The molecule has 2 aliphatic heterocycles. The Morgan fingerprint density at radius 2 is 1.87 bits per heavy atom. The van der Waals surface area contributed by atoms with Crippen LogP contribution in [-0.2, 0) is 21.2 Å². The molecule has 2 aliphatic rings. The Morgan fingerprint density at radius 1 is 1.11 bits per heavy atom. The van der Waals surface area contributed by atoms with E-state index in [0.717, 1.165) is 23.6 Å². The molecule has 1 fully saturated rings. The zero-order chi connectivity index (χ0) is 27.0. The van der Waals surface area contributed by atoms with Crippen molar-refractivity contribution in [1.82, 2.24) is 14.1 Å². The van der Waals surface area contributed by atoms with Gasteiger partial charge in [0.2, 0.25) is 15.9 Å². The lowest BCUT2D eigenvalue weighted by Gasteiger charge is -2.39. The fourth-order valence-corrected chi connectivity index (χ4v) is 7.53. The topological polar surface area (TPSA) is 104 Å². The number of nitro groups is 1. The van der Waals surface area contributed by atoms with Crippen molar-refractivity contribution < 1.29 is 22.5 Å². The fraction of sp³-hybridized carbons (Fsp3) is 0.320. The normalized spacial score (nSPS) is 18.8. The second-order valence-corrected chi connectivity index (χ2v) is 12.5. The summed E-state index contributed by atoms with van der Waals surface area (Å²) in [7, 11) is -4.00. The lowest BCUT2D eigenvalue weighted by Crippen LogP contribution is -2.53. The summed E-state index contributed by atoms with van der Waals surface area (Å²) in [6.07, 6.45) is 0.797. The van der Waals surface area contributed by atoms with Gasteiger partial charge in [-0.25, -0.2) is 12.8 Å². The molecule has 0 saturated carbocycles. The summed E-state index contributed by atoms with van der Waals surface area (Å²) in [6, 6.07) is 11.6. The fourth-order valence-electron chi connectivity index (χ4n) is 5.00. The number of carbonyl (C=O) groups is 1. The van der Waals surface area contributed by atoms with Crippen molar-refractivity contribution in [3.8, 4) is 0 Å². The number of piperazine rings is 1. The van der Waals surface area contributed by atoms with E-state index < -0.39 is 20.6 Å². The molecular weight excluding hydrogens is 555 g/mol. The molecule has 13 heteroatoms. The average molecular weight is 579 g/mol. The van der Waals surface area contributed by atoms with Crippen molar-refractivity contribution in [2.45, 2.75) is 17.4 Å². The molecule has 9 nitrogen and oxygen atoms in total. The van der Waals surface area contributed by atoms with Gasteiger partial charge < -0.3 is 4.90 Å². The van der Waals surface area contributed by atoms with E-state index in [-0.39, 0.29) is 60.4 Å². The Hall–Kier alpha value is -2.90. The summed E-state index contributed by atoms with van der Waals surface area (Å²) >= 11 is 7.48. The first-order valence-electron chi connectivity index (χ1n) is 11.9. The predicted octanol–water partition coefficient (Wildman–Crippen LogP) is 3.93. The third-order valence-electron chi connectivity index (χ3n) is 6.91. The number of fused-ring (bicyclic) bond motifs is 1. The minimum Gasteiger partial charge on any atom is -0.339 e. The van der Waals surface area contributed by atoms with Crippen molar-refractivity contribution in [2.75, 3.05) is 39.3 Å². The van der Waals surface area contributed by atoms with Crippen LogP contribution in [0.4, 0.5) is 10.1 Å². The van der Waals surface area contributed by atoms with Crippen LogP contribution in [0.2, 0.25) is 5.02 Å². The van der Waals surface area contributed by atoms with Gasteiger partial charge in [0, 0.05) is 43.7 Å². The number of nitro benzene ring substituents is 1. The largest absolute Gasteiger partial charge is 0.339 e. The average Bonchev–Trinajstić information content (AvgIpc) is 3.37. The van der Waals surface area contributed by atoms with Gasteiger partial charge in [0.05, 0.1) is 22.4 Å². The van der Waals surface area contributed by atoms with E-state index in [4.69, 9.17) is 11.6 Å². The molecule has 0 radical (unpaired) electrons. The third kappa shape index (κ3) is 5.19. The third-order valence-corrected chi connectivity index (χ3v) is 10.1. The van der Waals surface area contributed by atoms with Gasteiger partial charge in [-0.1, -0.05) is 23.7 Å². The lowest BCUT2D eigenvalue weighted by molar-refractivity contribution is -0.384. The molecular formula is C25H24ClFN4O5S2. The number of nitrogens with zero attached hydrogens (tertiary/aromatic N) is 4. The zero-order valence-corrected chi connectivity index (χ0v) is 22.5. The highest BCUT2D eigenvalue weighted by Crippen LogP contribution is 2.38. The molecule has 0 spiro atoms. The number of sulfonamides is 1. The molecule has 38 heavy (non-hydrogen) atoms. The zero-order valence-electron chi connectivity index (χ0n) is 20.1. The van der Waals surface area contributed by atoms with Crippen LogP contribution < -0.4 is 0 Å². The maximum atomic E-state index is 14.1. The summed E-state index contributed by atoms with van der Waals surface area (Å²) in [5, 5.41) is 13.1. The Balaban J connectivity index is 1.28. The SMILES string of the molecule is O=C(CN1CCc2sccc2[C@H]1c1cccc(F)c1)N1CCN(S(=O)(=O)c2ccc(Cl)c([N+](=O)[O-])c2)CC1. The summed E-state index contributed by atoms with van der Waals surface area (Å²) in [6.45, 7) is 1.27. The van der Waals surface area contributed by atoms with E-state index in [1.165, 1.54) is 33.4 Å². The van der Waals surface area contributed by atoms with Crippen LogP contribution in [0.3, 0.4) is 0 Å². The van der Waals surface area contributed by atoms with Crippen molar-refractivity contribution in [3.05, 3.63) is 90.9 Å². The highest BCUT2D eigenvalue weighted by Gasteiger charge is 2.35. The van der Waals surface area contributed by atoms with Crippen LogP contribution in [0.1, 0.15) is 22.0 Å². The lowest BCUT2D eigenvalue weighted by atomic mass is 9.93. The Bertz CT molecular complexity index is 1490. The first-order chi connectivity index (χ1) is 18.1. The van der Waals surface area contributed by atoms with Gasteiger partial charge >= 0.3 is 0 Å². The molecule has 2 aromatic carbocycles. The van der Waals surface area contributed by atoms with Crippen LogP contribution in [0, 0.1) is 15.9 Å². The summed E-state index contributed by atoms with van der Waals surface area (Å²) in [4.78, 5) is 28.4. The molecule has 1 saturated heterocycles. The molecule has 1 amide bonds. The van der Waals surface area contributed by atoms with Crippen molar-refractivity contribution >= 4 is 44.6 Å². The second-order valence-electron chi connectivity index (χ2n) is 9.13. The number of amides is 1. The number of carbonyl (C=O) groups excluding carboxylic acids is 1.